The van der Waals surface area contributed by atoms with Crippen molar-refractivity contribution in [2.24, 2.45) is 11.5 Å². The molecule has 0 bridgehead atoms. The molecule has 9 heteroatoms. The minimum atomic E-state index is -1.40. The number of anilines is 2. The van der Waals surface area contributed by atoms with Gasteiger partial charge >= 0.3 is 0 Å². The molecule has 7 N–H and O–H groups in total. The number of rotatable bonds is 5. The molecule has 0 aliphatic carbocycles. The van der Waals surface area contributed by atoms with E-state index in [-0.39, 0.29) is 29.7 Å². The zero-order valence-electron chi connectivity index (χ0n) is 10.7. The third-order valence-corrected chi connectivity index (χ3v) is 2.18. The smallest absolute Gasteiger partial charge is 0.267 e. The Hall–Kier alpha value is -2.52. The molecular weight excluding hydrogens is 266 g/mol. The van der Waals surface area contributed by atoms with Crippen LogP contribution in [0, 0.1) is 0 Å². The summed E-state index contributed by atoms with van der Waals surface area (Å²) in [6.45, 7) is 1.01. The van der Waals surface area contributed by atoms with Crippen LogP contribution in [0.25, 0.3) is 0 Å². The number of nitrogens with two attached hydrogens (primary N) is 2. The summed E-state index contributed by atoms with van der Waals surface area (Å²) in [7, 11) is 0. The van der Waals surface area contributed by atoms with E-state index in [9.17, 15) is 19.5 Å². The second-order valence-corrected chi connectivity index (χ2v) is 3.91. The first-order valence-corrected chi connectivity index (χ1v) is 5.62. The SMILES string of the molecule is CC(=O)Nc1cc(NC(=O)C(O)CN)nc(C(N)=O)c1. The molecule has 20 heavy (non-hydrogen) atoms. The van der Waals surface area contributed by atoms with Crippen molar-refractivity contribution < 1.29 is 19.5 Å². The lowest BCUT2D eigenvalue weighted by Crippen LogP contribution is -2.34. The Morgan fingerprint density at radius 2 is 2.00 bits per heavy atom. The zero-order chi connectivity index (χ0) is 15.3. The highest BCUT2D eigenvalue weighted by molar-refractivity contribution is 5.97. The maximum absolute atomic E-state index is 11.5. The van der Waals surface area contributed by atoms with Crippen molar-refractivity contribution in [1.82, 2.24) is 4.98 Å². The molecular formula is C11H15N5O4. The highest BCUT2D eigenvalue weighted by atomic mass is 16.3. The van der Waals surface area contributed by atoms with Crippen molar-refractivity contribution in [3.05, 3.63) is 17.8 Å². The van der Waals surface area contributed by atoms with E-state index in [1.54, 1.807) is 0 Å². The number of pyridine rings is 1. The van der Waals surface area contributed by atoms with Crippen molar-refractivity contribution in [3.8, 4) is 0 Å². The number of hydrogen-bond acceptors (Lipinski definition) is 6. The number of aliphatic hydroxyl groups excluding tert-OH is 1. The fraction of sp³-hybridized carbons (Fsp3) is 0.273. The summed E-state index contributed by atoms with van der Waals surface area (Å²) >= 11 is 0. The van der Waals surface area contributed by atoms with Crippen LogP contribution < -0.4 is 22.1 Å². The maximum Gasteiger partial charge on any atom is 0.267 e. The van der Waals surface area contributed by atoms with Gasteiger partial charge in [0.2, 0.25) is 5.91 Å². The fourth-order valence-electron chi connectivity index (χ4n) is 1.31. The average Bonchev–Trinajstić information content (AvgIpc) is 2.36. The summed E-state index contributed by atoms with van der Waals surface area (Å²) in [5.41, 5.74) is 10.3. The fourth-order valence-corrected chi connectivity index (χ4v) is 1.31. The number of aliphatic hydroxyl groups is 1. The lowest BCUT2D eigenvalue weighted by atomic mass is 10.2. The zero-order valence-corrected chi connectivity index (χ0v) is 10.7. The van der Waals surface area contributed by atoms with Gasteiger partial charge in [0.05, 0.1) is 0 Å². The molecule has 108 valence electrons. The average molecular weight is 281 g/mol. The number of aromatic nitrogens is 1. The van der Waals surface area contributed by atoms with Gasteiger partial charge in [-0.25, -0.2) is 4.98 Å². The van der Waals surface area contributed by atoms with E-state index in [0.29, 0.717) is 0 Å². The summed E-state index contributed by atoms with van der Waals surface area (Å²) in [5.74, 6) is -2.02. The highest BCUT2D eigenvalue weighted by Crippen LogP contribution is 2.15. The molecule has 0 saturated carbocycles. The molecule has 1 aromatic heterocycles. The maximum atomic E-state index is 11.5. The molecule has 9 nitrogen and oxygen atoms in total. The minimum Gasteiger partial charge on any atom is -0.382 e. The molecule has 0 fully saturated rings. The molecule has 1 unspecified atom stereocenters. The van der Waals surface area contributed by atoms with Crippen molar-refractivity contribution in [2.75, 3.05) is 17.2 Å². The third-order valence-electron chi connectivity index (χ3n) is 2.18. The van der Waals surface area contributed by atoms with Gasteiger partial charge in [-0.05, 0) is 6.07 Å². The molecule has 0 saturated heterocycles. The molecule has 0 radical (unpaired) electrons. The topological polar surface area (TPSA) is 160 Å². The van der Waals surface area contributed by atoms with Crippen LogP contribution in [0.2, 0.25) is 0 Å². The molecule has 0 aliphatic rings. The third kappa shape index (κ3) is 4.30. The van der Waals surface area contributed by atoms with E-state index in [4.69, 9.17) is 11.5 Å². The van der Waals surface area contributed by atoms with Crippen molar-refractivity contribution in [1.29, 1.82) is 0 Å². The van der Waals surface area contributed by atoms with Gasteiger partial charge in [0.1, 0.15) is 17.6 Å². The Morgan fingerprint density at radius 3 is 2.50 bits per heavy atom. The summed E-state index contributed by atoms with van der Waals surface area (Å²) in [5, 5.41) is 13.9. The van der Waals surface area contributed by atoms with E-state index in [1.165, 1.54) is 19.1 Å². The van der Waals surface area contributed by atoms with Crippen LogP contribution in [0.1, 0.15) is 17.4 Å². The molecule has 1 aromatic rings. The van der Waals surface area contributed by atoms with Gasteiger partial charge in [0.25, 0.3) is 11.8 Å². The van der Waals surface area contributed by atoms with Crippen LogP contribution in [-0.2, 0) is 9.59 Å². The van der Waals surface area contributed by atoms with Crippen molar-refractivity contribution in [3.63, 3.8) is 0 Å². The molecule has 1 rings (SSSR count). The lowest BCUT2D eigenvalue weighted by Gasteiger charge is -2.11. The monoisotopic (exact) mass is 281 g/mol. The van der Waals surface area contributed by atoms with Gasteiger partial charge in [-0.3, -0.25) is 14.4 Å². The van der Waals surface area contributed by atoms with Gasteiger partial charge in [-0.1, -0.05) is 0 Å². The largest absolute Gasteiger partial charge is 0.382 e. The minimum absolute atomic E-state index is 0.0393. The summed E-state index contributed by atoms with van der Waals surface area (Å²) in [6.07, 6.45) is -1.40. The van der Waals surface area contributed by atoms with Crippen LogP contribution in [0.3, 0.4) is 0 Å². The second kappa shape index (κ2) is 6.59. The summed E-state index contributed by atoms with van der Waals surface area (Å²) in [4.78, 5) is 37.4. The number of carbonyl (C=O) groups excluding carboxylic acids is 3. The van der Waals surface area contributed by atoms with E-state index >= 15 is 0 Å². The van der Waals surface area contributed by atoms with E-state index in [2.05, 4.69) is 15.6 Å². The normalized spacial score (nSPS) is 11.6. The number of nitrogens with one attached hydrogen (secondary N) is 2. The molecule has 0 aliphatic heterocycles. The molecule has 1 heterocycles. The summed E-state index contributed by atoms with van der Waals surface area (Å²) in [6, 6.07) is 2.58. The molecule has 1 atom stereocenters. The Morgan fingerprint density at radius 1 is 1.35 bits per heavy atom. The first kappa shape index (κ1) is 15.5. The lowest BCUT2D eigenvalue weighted by molar-refractivity contribution is -0.123. The van der Waals surface area contributed by atoms with Crippen molar-refractivity contribution >= 4 is 29.2 Å². The molecule has 3 amide bonds. The van der Waals surface area contributed by atoms with Gasteiger partial charge < -0.3 is 27.2 Å². The van der Waals surface area contributed by atoms with Gasteiger partial charge in [0, 0.05) is 25.2 Å². The van der Waals surface area contributed by atoms with E-state index in [0.717, 1.165) is 0 Å². The quantitative estimate of drug-likeness (QED) is 0.436. The predicted octanol–water partition coefficient (Wildman–Crippen LogP) is -1.60. The standard InChI is InChI=1S/C11H15N5O4/c1-5(17)14-6-2-7(10(13)19)15-9(3-6)16-11(20)8(18)4-12/h2-3,8,18H,4,12H2,1H3,(H2,13,19)(H2,14,15,16,17,20). The van der Waals surface area contributed by atoms with Gasteiger partial charge in [-0.15, -0.1) is 0 Å². The number of hydrogen-bond donors (Lipinski definition) is 5. The first-order valence-electron chi connectivity index (χ1n) is 5.62. The Balaban J connectivity index is 3.05. The Bertz CT molecular complexity index is 546. The van der Waals surface area contributed by atoms with E-state index in [1.807, 2.05) is 0 Å². The first-order chi connectivity index (χ1) is 9.33. The predicted molar refractivity (Wildman–Crippen MR) is 70.7 cm³/mol. The van der Waals surface area contributed by atoms with Crippen LogP contribution in [0.15, 0.2) is 12.1 Å². The van der Waals surface area contributed by atoms with Crippen molar-refractivity contribution in [2.45, 2.75) is 13.0 Å². The van der Waals surface area contributed by atoms with Crippen LogP contribution in [0.5, 0.6) is 0 Å². The Labute approximate surface area is 114 Å². The number of primary amides is 1. The van der Waals surface area contributed by atoms with Gasteiger partial charge in [-0.2, -0.15) is 0 Å². The second-order valence-electron chi connectivity index (χ2n) is 3.91. The molecule has 0 aromatic carbocycles. The van der Waals surface area contributed by atoms with Crippen LogP contribution >= 0.6 is 0 Å². The van der Waals surface area contributed by atoms with Crippen LogP contribution in [0.4, 0.5) is 11.5 Å². The van der Waals surface area contributed by atoms with E-state index < -0.39 is 17.9 Å². The number of amides is 3. The number of carbonyl (C=O) groups is 3. The summed E-state index contributed by atoms with van der Waals surface area (Å²) < 4.78 is 0. The van der Waals surface area contributed by atoms with Crippen LogP contribution in [-0.4, -0.2) is 40.5 Å². The Kier molecular flexibility index (Phi) is 5.12. The highest BCUT2D eigenvalue weighted by Gasteiger charge is 2.15. The number of nitrogens with zero attached hydrogens (tertiary/aromatic N) is 1. The van der Waals surface area contributed by atoms with Gasteiger partial charge in [0.15, 0.2) is 0 Å². The molecule has 0 spiro atoms.